The van der Waals surface area contributed by atoms with E-state index in [9.17, 15) is 19.5 Å². The first-order valence-electron chi connectivity index (χ1n) is 6.16. The fourth-order valence-corrected chi connectivity index (χ4v) is 2.45. The Morgan fingerprint density at radius 3 is 2.57 bits per heavy atom. The van der Waals surface area contributed by atoms with E-state index in [1.165, 1.54) is 27.6 Å². The molecule has 21 heavy (non-hydrogen) atoms. The van der Waals surface area contributed by atoms with E-state index in [4.69, 9.17) is 0 Å². The van der Waals surface area contributed by atoms with Gasteiger partial charge < -0.3 is 14.5 Å². The molecule has 0 unspecified atom stereocenters. The number of rotatable bonds is 2. The number of nitrogens with zero attached hydrogens (tertiary/aromatic N) is 5. The van der Waals surface area contributed by atoms with E-state index in [0.29, 0.717) is 5.69 Å². The molecule has 0 aliphatic carbocycles. The van der Waals surface area contributed by atoms with Gasteiger partial charge in [0, 0.05) is 26.0 Å². The average Bonchev–Trinajstić information content (AvgIpc) is 2.91. The molecule has 3 rings (SSSR count). The lowest BCUT2D eigenvalue weighted by Crippen LogP contribution is -2.37. The molecule has 3 aromatic heterocycles. The number of hydrogen-bond donors (Lipinski definition) is 0. The molecule has 0 aromatic carbocycles. The van der Waals surface area contributed by atoms with E-state index < -0.39 is 17.2 Å². The summed E-state index contributed by atoms with van der Waals surface area (Å²) in [5, 5.41) is 10.8. The van der Waals surface area contributed by atoms with E-state index in [-0.39, 0.29) is 23.5 Å². The topological polar surface area (TPSA) is 106 Å². The monoisotopic (exact) mass is 290 g/mol. The van der Waals surface area contributed by atoms with Crippen molar-refractivity contribution in [2.45, 2.75) is 13.5 Å². The zero-order chi connectivity index (χ0) is 15.5. The van der Waals surface area contributed by atoms with Crippen molar-refractivity contribution in [1.29, 1.82) is 0 Å². The Hall–Kier alpha value is -2.84. The fourth-order valence-electron chi connectivity index (χ4n) is 2.45. The Labute approximate surface area is 117 Å². The SMILES string of the molecule is Cc1cn2c3c(=O)n(C)c(=O)n(C)c3nc2n1CC(=O)[O-]. The molecule has 0 radical (unpaired) electrons. The normalized spacial score (nSPS) is 11.6. The molecule has 3 heterocycles. The van der Waals surface area contributed by atoms with Gasteiger partial charge in [-0.3, -0.25) is 18.3 Å². The first kappa shape index (κ1) is 13.2. The van der Waals surface area contributed by atoms with E-state index >= 15 is 0 Å². The van der Waals surface area contributed by atoms with E-state index in [2.05, 4.69) is 4.98 Å². The van der Waals surface area contributed by atoms with Crippen LogP contribution >= 0.6 is 0 Å². The summed E-state index contributed by atoms with van der Waals surface area (Å²) in [7, 11) is 2.89. The number of aromatic nitrogens is 5. The maximum atomic E-state index is 12.3. The van der Waals surface area contributed by atoms with Crippen molar-refractivity contribution in [2.75, 3.05) is 0 Å². The minimum atomic E-state index is -1.26. The number of carbonyl (C=O) groups is 1. The Bertz CT molecular complexity index is 1020. The van der Waals surface area contributed by atoms with Gasteiger partial charge in [-0.1, -0.05) is 0 Å². The Kier molecular flexibility index (Phi) is 2.55. The van der Waals surface area contributed by atoms with E-state index in [0.717, 1.165) is 4.57 Å². The van der Waals surface area contributed by atoms with Gasteiger partial charge in [-0.05, 0) is 6.92 Å². The summed E-state index contributed by atoms with van der Waals surface area (Å²) in [5.74, 6) is -0.977. The highest BCUT2D eigenvalue weighted by atomic mass is 16.4. The predicted octanol–water partition coefficient (Wildman–Crippen LogP) is -2.26. The average molecular weight is 290 g/mol. The van der Waals surface area contributed by atoms with Crippen molar-refractivity contribution in [2.24, 2.45) is 14.1 Å². The highest BCUT2D eigenvalue weighted by Gasteiger charge is 2.18. The van der Waals surface area contributed by atoms with Gasteiger partial charge in [-0.25, -0.2) is 4.79 Å². The molecule has 0 spiro atoms. The molecule has 0 aliphatic heterocycles. The molecule has 3 aromatic rings. The lowest BCUT2D eigenvalue weighted by atomic mass is 10.5. The molecular formula is C12H12N5O4-. The van der Waals surface area contributed by atoms with Gasteiger partial charge in [0.1, 0.15) is 0 Å². The van der Waals surface area contributed by atoms with Crippen LogP contribution in [0.1, 0.15) is 5.69 Å². The van der Waals surface area contributed by atoms with Crippen LogP contribution in [0.15, 0.2) is 15.8 Å². The number of carbonyl (C=O) groups excluding carboxylic acids is 1. The van der Waals surface area contributed by atoms with Crippen LogP contribution in [-0.2, 0) is 25.4 Å². The number of carboxylic acid groups (broad SMARTS) is 1. The van der Waals surface area contributed by atoms with Crippen LogP contribution in [0.25, 0.3) is 16.9 Å². The van der Waals surface area contributed by atoms with Crippen molar-refractivity contribution >= 4 is 22.9 Å². The summed E-state index contributed by atoms with van der Waals surface area (Å²) in [6.07, 6.45) is 1.61. The summed E-state index contributed by atoms with van der Waals surface area (Å²) in [5.41, 5.74) is 0.0992. The van der Waals surface area contributed by atoms with Gasteiger partial charge in [-0.15, -0.1) is 0 Å². The molecule has 9 heteroatoms. The summed E-state index contributed by atoms with van der Waals surface area (Å²) in [4.78, 5) is 39.2. The van der Waals surface area contributed by atoms with Crippen molar-refractivity contribution in [3.8, 4) is 0 Å². The van der Waals surface area contributed by atoms with Gasteiger partial charge in [0.2, 0.25) is 5.78 Å². The summed E-state index contributed by atoms with van der Waals surface area (Å²) in [6.45, 7) is 1.33. The number of aliphatic carboxylic acids is 1. The molecule has 0 fully saturated rings. The number of fused-ring (bicyclic) bond motifs is 3. The second-order valence-corrected chi connectivity index (χ2v) is 4.89. The maximum absolute atomic E-state index is 12.3. The summed E-state index contributed by atoms with van der Waals surface area (Å²) >= 11 is 0. The van der Waals surface area contributed by atoms with Crippen molar-refractivity contribution in [3.63, 3.8) is 0 Å². The van der Waals surface area contributed by atoms with Crippen LogP contribution in [0.4, 0.5) is 0 Å². The molecule has 110 valence electrons. The second kappa shape index (κ2) is 4.08. The predicted molar refractivity (Wildman–Crippen MR) is 70.9 cm³/mol. The van der Waals surface area contributed by atoms with E-state index in [1.807, 2.05) is 0 Å². The third kappa shape index (κ3) is 1.63. The lowest BCUT2D eigenvalue weighted by Gasteiger charge is -2.05. The van der Waals surface area contributed by atoms with Crippen LogP contribution in [0.2, 0.25) is 0 Å². The van der Waals surface area contributed by atoms with Crippen LogP contribution < -0.4 is 16.4 Å². The zero-order valence-electron chi connectivity index (χ0n) is 11.7. The Morgan fingerprint density at radius 2 is 1.95 bits per heavy atom. The molecule has 0 saturated carbocycles. The third-order valence-corrected chi connectivity index (χ3v) is 3.54. The molecule has 0 saturated heterocycles. The molecule has 0 N–H and O–H groups in total. The van der Waals surface area contributed by atoms with Gasteiger partial charge >= 0.3 is 5.69 Å². The second-order valence-electron chi connectivity index (χ2n) is 4.89. The molecule has 0 amide bonds. The molecule has 0 aliphatic rings. The minimum absolute atomic E-state index is 0.213. The van der Waals surface area contributed by atoms with Crippen molar-refractivity contribution in [1.82, 2.24) is 23.1 Å². The van der Waals surface area contributed by atoms with Crippen LogP contribution in [0.5, 0.6) is 0 Å². The number of aryl methyl sites for hydroxylation is 2. The Morgan fingerprint density at radius 1 is 1.29 bits per heavy atom. The highest BCUT2D eigenvalue weighted by Crippen LogP contribution is 2.15. The van der Waals surface area contributed by atoms with Crippen molar-refractivity contribution < 1.29 is 9.90 Å². The molecule has 0 bridgehead atoms. The van der Waals surface area contributed by atoms with Gasteiger partial charge in [-0.2, -0.15) is 4.98 Å². The minimum Gasteiger partial charge on any atom is -0.548 e. The smallest absolute Gasteiger partial charge is 0.332 e. The molecule has 9 nitrogen and oxygen atoms in total. The van der Waals surface area contributed by atoms with Crippen molar-refractivity contribution in [3.05, 3.63) is 32.7 Å². The standard InChI is InChI=1S/C12H13N5O4/c1-6-4-17-8-9(13-11(17)16(6)5-7(18)19)14(2)12(21)15(3)10(8)20/h4H,5H2,1-3H3,(H,18,19)/p-1. The van der Waals surface area contributed by atoms with Crippen LogP contribution in [0, 0.1) is 6.92 Å². The quantitative estimate of drug-likeness (QED) is 0.530. The van der Waals surface area contributed by atoms with Crippen LogP contribution in [-0.4, -0.2) is 29.1 Å². The Balaban J connectivity index is 2.54. The summed E-state index contributed by atoms with van der Waals surface area (Å²) < 4.78 is 5.15. The largest absolute Gasteiger partial charge is 0.548 e. The molecule has 0 atom stereocenters. The number of imidazole rings is 2. The first-order valence-corrected chi connectivity index (χ1v) is 6.16. The summed E-state index contributed by atoms with van der Waals surface area (Å²) in [6, 6.07) is 0. The van der Waals surface area contributed by atoms with Gasteiger partial charge in [0.05, 0.1) is 12.5 Å². The third-order valence-electron chi connectivity index (χ3n) is 3.54. The maximum Gasteiger partial charge on any atom is 0.332 e. The first-order chi connectivity index (χ1) is 9.82. The number of hydrogen-bond acceptors (Lipinski definition) is 5. The molecular weight excluding hydrogens is 278 g/mol. The van der Waals surface area contributed by atoms with Crippen LogP contribution in [0.3, 0.4) is 0 Å². The fraction of sp³-hybridized carbons (Fsp3) is 0.333. The lowest BCUT2D eigenvalue weighted by molar-refractivity contribution is -0.306. The number of carboxylic acids is 1. The van der Waals surface area contributed by atoms with Gasteiger partial charge in [0.25, 0.3) is 5.56 Å². The van der Waals surface area contributed by atoms with E-state index in [1.54, 1.807) is 13.1 Å². The zero-order valence-corrected chi connectivity index (χ0v) is 11.7. The van der Waals surface area contributed by atoms with Gasteiger partial charge in [0.15, 0.2) is 11.2 Å². The highest BCUT2D eigenvalue weighted by molar-refractivity contribution is 5.76.